The average molecular weight is 438 g/mol. The number of aryl methyl sites for hydroxylation is 1. The summed E-state index contributed by atoms with van der Waals surface area (Å²) in [6.07, 6.45) is 6.63. The Morgan fingerprint density at radius 1 is 1.03 bits per heavy atom. The second-order valence-corrected chi connectivity index (χ2v) is 8.45. The fourth-order valence-electron chi connectivity index (χ4n) is 3.39. The number of aliphatic hydroxyl groups is 1. The molecule has 3 aromatic rings. The van der Waals surface area contributed by atoms with Crippen LogP contribution in [0.3, 0.4) is 0 Å². The highest BCUT2D eigenvalue weighted by atomic mass is 32.1. The first-order chi connectivity index (χ1) is 15.2. The van der Waals surface area contributed by atoms with Gasteiger partial charge in [-0.2, -0.15) is 0 Å². The number of aliphatic hydroxyl groups excluding tert-OH is 1. The molecular weight excluding hydrogens is 406 g/mol. The summed E-state index contributed by atoms with van der Waals surface area (Å²) in [5, 5.41) is 17.7. The summed E-state index contributed by atoms with van der Waals surface area (Å²) in [6, 6.07) is 16.1. The van der Waals surface area contributed by atoms with Gasteiger partial charge in [0.15, 0.2) is 5.13 Å². The smallest absolute Gasteiger partial charge is 0.257 e. The van der Waals surface area contributed by atoms with Gasteiger partial charge in [-0.25, -0.2) is 4.98 Å². The Morgan fingerprint density at radius 2 is 1.84 bits per heavy atom. The van der Waals surface area contributed by atoms with Crippen molar-refractivity contribution in [3.63, 3.8) is 0 Å². The molecule has 0 radical (unpaired) electrons. The molecule has 1 amide bonds. The molecule has 0 aliphatic rings. The van der Waals surface area contributed by atoms with Crippen LogP contribution in [0.15, 0.2) is 53.9 Å². The first kappa shape index (κ1) is 23.0. The van der Waals surface area contributed by atoms with Crippen LogP contribution >= 0.6 is 11.3 Å². The first-order valence-corrected chi connectivity index (χ1v) is 11.8. The summed E-state index contributed by atoms with van der Waals surface area (Å²) < 4.78 is 0. The van der Waals surface area contributed by atoms with Gasteiger partial charge in [0.1, 0.15) is 0 Å². The van der Waals surface area contributed by atoms with E-state index in [2.05, 4.69) is 46.8 Å². The maximum absolute atomic E-state index is 12.5. The third-order valence-corrected chi connectivity index (χ3v) is 5.96. The molecule has 0 spiro atoms. The molecule has 0 aliphatic heterocycles. The summed E-state index contributed by atoms with van der Waals surface area (Å²) in [5.41, 5.74) is 5.05. The lowest BCUT2D eigenvalue weighted by Gasteiger charge is -2.12. The molecule has 0 atom stereocenters. The van der Waals surface area contributed by atoms with E-state index in [1.54, 1.807) is 0 Å². The third kappa shape index (κ3) is 7.19. The number of thiazole rings is 1. The van der Waals surface area contributed by atoms with Gasteiger partial charge in [-0.05, 0) is 42.2 Å². The van der Waals surface area contributed by atoms with Crippen molar-refractivity contribution >= 4 is 28.1 Å². The second kappa shape index (κ2) is 12.2. The summed E-state index contributed by atoms with van der Waals surface area (Å²) in [6.45, 7) is 3.00. The van der Waals surface area contributed by atoms with Crippen molar-refractivity contribution in [1.29, 1.82) is 0 Å². The van der Waals surface area contributed by atoms with E-state index < -0.39 is 0 Å². The number of carbonyl (C=O) groups excluding carboxylic acids is 1. The van der Waals surface area contributed by atoms with E-state index in [1.165, 1.54) is 48.3 Å². The highest BCUT2D eigenvalue weighted by molar-refractivity contribution is 7.14. The van der Waals surface area contributed by atoms with Gasteiger partial charge >= 0.3 is 0 Å². The molecule has 0 bridgehead atoms. The molecule has 164 valence electrons. The van der Waals surface area contributed by atoms with Gasteiger partial charge in [0.25, 0.3) is 5.91 Å². The topological polar surface area (TPSA) is 74.2 Å². The van der Waals surface area contributed by atoms with Crippen LogP contribution in [0.5, 0.6) is 0 Å². The maximum Gasteiger partial charge on any atom is 0.257 e. The van der Waals surface area contributed by atoms with E-state index in [0.29, 0.717) is 23.7 Å². The molecule has 6 heteroatoms. The number of anilines is 2. The van der Waals surface area contributed by atoms with Crippen LogP contribution < -0.4 is 10.6 Å². The average Bonchev–Trinajstić information content (AvgIpc) is 3.23. The Bertz CT molecular complexity index is 953. The van der Waals surface area contributed by atoms with Crippen molar-refractivity contribution < 1.29 is 9.90 Å². The molecule has 3 N–H and O–H groups in total. The number of hydrogen-bond acceptors (Lipinski definition) is 5. The van der Waals surface area contributed by atoms with E-state index in [4.69, 9.17) is 5.11 Å². The highest BCUT2D eigenvalue weighted by Crippen LogP contribution is 2.20. The van der Waals surface area contributed by atoms with Crippen molar-refractivity contribution in [2.45, 2.75) is 52.0 Å². The van der Waals surface area contributed by atoms with Crippen LogP contribution in [0.4, 0.5) is 10.8 Å². The molecule has 0 unspecified atom stereocenters. The summed E-state index contributed by atoms with van der Waals surface area (Å²) in [7, 11) is 0. The van der Waals surface area contributed by atoms with Gasteiger partial charge in [0, 0.05) is 36.2 Å². The standard InChI is InChI=1S/C25H31N3O2S/c1-2-3-4-5-8-20-9-6-7-10-23(20)26-17-19-11-13-21(14-12-19)24(30)28-25-27-22(15-16-29)18-31-25/h6-7,9-14,18,26,29H,2-5,8,15-17H2,1H3,(H,27,28,30). The largest absolute Gasteiger partial charge is 0.396 e. The van der Waals surface area contributed by atoms with Crippen LogP contribution in [0.1, 0.15) is 59.8 Å². The predicted octanol–water partition coefficient (Wildman–Crippen LogP) is 5.67. The van der Waals surface area contributed by atoms with Gasteiger partial charge in [0.05, 0.1) is 5.69 Å². The Balaban J connectivity index is 1.53. The Morgan fingerprint density at radius 3 is 2.61 bits per heavy atom. The molecule has 1 aromatic heterocycles. The Kier molecular flexibility index (Phi) is 9.06. The number of carbonyl (C=O) groups is 1. The Labute approximate surface area is 188 Å². The summed E-state index contributed by atoms with van der Waals surface area (Å²) in [4.78, 5) is 16.8. The zero-order valence-electron chi connectivity index (χ0n) is 18.1. The molecule has 2 aromatic carbocycles. The fraction of sp³-hybridized carbons (Fsp3) is 0.360. The van der Waals surface area contributed by atoms with Crippen molar-refractivity contribution in [3.05, 3.63) is 76.3 Å². The number of amides is 1. The first-order valence-electron chi connectivity index (χ1n) is 11.0. The monoisotopic (exact) mass is 437 g/mol. The van der Waals surface area contributed by atoms with E-state index in [1.807, 2.05) is 29.6 Å². The lowest BCUT2D eigenvalue weighted by molar-refractivity contribution is 0.102. The van der Waals surface area contributed by atoms with Gasteiger partial charge in [-0.15, -0.1) is 11.3 Å². The third-order valence-electron chi connectivity index (χ3n) is 5.16. The highest BCUT2D eigenvalue weighted by Gasteiger charge is 2.09. The number of para-hydroxylation sites is 1. The SMILES string of the molecule is CCCCCCc1ccccc1NCc1ccc(C(=O)Nc2nc(CCO)cs2)cc1. The molecule has 31 heavy (non-hydrogen) atoms. The second-order valence-electron chi connectivity index (χ2n) is 7.59. The number of benzene rings is 2. The molecule has 1 heterocycles. The molecule has 0 fully saturated rings. The van der Waals surface area contributed by atoms with E-state index in [9.17, 15) is 4.79 Å². The van der Waals surface area contributed by atoms with Gasteiger partial charge < -0.3 is 10.4 Å². The van der Waals surface area contributed by atoms with Gasteiger partial charge in [-0.3, -0.25) is 10.1 Å². The number of rotatable bonds is 12. The minimum Gasteiger partial charge on any atom is -0.396 e. The summed E-state index contributed by atoms with van der Waals surface area (Å²) >= 11 is 1.37. The maximum atomic E-state index is 12.5. The van der Waals surface area contributed by atoms with Crippen molar-refractivity contribution in [2.24, 2.45) is 0 Å². The number of unbranched alkanes of at least 4 members (excludes halogenated alkanes) is 3. The molecule has 3 rings (SSSR count). The predicted molar refractivity (Wildman–Crippen MR) is 129 cm³/mol. The quantitative estimate of drug-likeness (QED) is 0.319. The minimum absolute atomic E-state index is 0.0515. The van der Waals surface area contributed by atoms with Crippen LogP contribution in [-0.2, 0) is 19.4 Å². The van der Waals surface area contributed by atoms with Crippen molar-refractivity contribution in [3.8, 4) is 0 Å². The van der Waals surface area contributed by atoms with Crippen molar-refractivity contribution in [1.82, 2.24) is 4.98 Å². The van der Waals surface area contributed by atoms with Crippen LogP contribution in [0, 0.1) is 0 Å². The Hall–Kier alpha value is -2.70. The molecule has 0 saturated heterocycles. The van der Waals surface area contributed by atoms with Gasteiger partial charge in [0.2, 0.25) is 0 Å². The van der Waals surface area contributed by atoms with Gasteiger partial charge in [-0.1, -0.05) is 56.5 Å². The fourth-order valence-corrected chi connectivity index (χ4v) is 4.13. The van der Waals surface area contributed by atoms with Crippen molar-refractivity contribution in [2.75, 3.05) is 17.2 Å². The lowest BCUT2D eigenvalue weighted by atomic mass is 10.0. The van der Waals surface area contributed by atoms with E-state index in [0.717, 1.165) is 17.7 Å². The van der Waals surface area contributed by atoms with Crippen LogP contribution in [0.25, 0.3) is 0 Å². The van der Waals surface area contributed by atoms with E-state index >= 15 is 0 Å². The zero-order valence-corrected chi connectivity index (χ0v) is 18.9. The molecule has 0 aliphatic carbocycles. The minimum atomic E-state index is -0.179. The van der Waals surface area contributed by atoms with Crippen LogP contribution in [-0.4, -0.2) is 22.6 Å². The molecular formula is C25H31N3O2S. The number of nitrogens with zero attached hydrogens (tertiary/aromatic N) is 1. The van der Waals surface area contributed by atoms with E-state index in [-0.39, 0.29) is 12.5 Å². The number of hydrogen-bond donors (Lipinski definition) is 3. The number of aromatic nitrogens is 1. The zero-order chi connectivity index (χ0) is 21.9. The molecule has 5 nitrogen and oxygen atoms in total. The lowest BCUT2D eigenvalue weighted by Crippen LogP contribution is -2.12. The normalized spacial score (nSPS) is 10.8. The number of nitrogens with one attached hydrogen (secondary N) is 2. The summed E-state index contributed by atoms with van der Waals surface area (Å²) in [5.74, 6) is -0.179. The molecule has 0 saturated carbocycles. The van der Waals surface area contributed by atoms with Crippen LogP contribution in [0.2, 0.25) is 0 Å².